The second-order valence-corrected chi connectivity index (χ2v) is 5.10. The van der Waals surface area contributed by atoms with Gasteiger partial charge in [-0.3, -0.25) is 9.78 Å². The number of carbonyl (C=O) groups excluding carboxylic acids is 1. The van der Waals surface area contributed by atoms with Crippen molar-refractivity contribution >= 4 is 27.5 Å². The number of nitrogens with two attached hydrogens (primary N) is 1. The molecule has 98 valence electrons. The average molecular weight is 320 g/mol. The number of hydrogen-bond acceptors (Lipinski definition) is 3. The van der Waals surface area contributed by atoms with Crippen LogP contribution in [-0.2, 0) is 6.54 Å². The van der Waals surface area contributed by atoms with E-state index in [0.717, 1.165) is 15.7 Å². The summed E-state index contributed by atoms with van der Waals surface area (Å²) in [6, 6.07) is 9.02. The zero-order valence-corrected chi connectivity index (χ0v) is 12.1. The van der Waals surface area contributed by atoms with Gasteiger partial charge in [0.2, 0.25) is 0 Å². The van der Waals surface area contributed by atoms with Crippen molar-refractivity contribution in [1.82, 2.24) is 10.3 Å². The highest BCUT2D eigenvalue weighted by Crippen LogP contribution is 2.18. The SMILES string of the molecule is Cc1cccnc1CNC(=O)c1ccc(Br)cc1N. The first-order valence-electron chi connectivity index (χ1n) is 5.81. The van der Waals surface area contributed by atoms with Crippen molar-refractivity contribution in [2.24, 2.45) is 0 Å². The van der Waals surface area contributed by atoms with Crippen LogP contribution in [0.3, 0.4) is 0 Å². The third-order valence-electron chi connectivity index (χ3n) is 2.79. The van der Waals surface area contributed by atoms with Gasteiger partial charge in [0.1, 0.15) is 0 Å². The lowest BCUT2D eigenvalue weighted by molar-refractivity contribution is 0.0951. The molecule has 0 fully saturated rings. The summed E-state index contributed by atoms with van der Waals surface area (Å²) in [5.41, 5.74) is 8.63. The minimum Gasteiger partial charge on any atom is -0.398 e. The Hall–Kier alpha value is -1.88. The maximum atomic E-state index is 12.0. The van der Waals surface area contributed by atoms with Gasteiger partial charge >= 0.3 is 0 Å². The monoisotopic (exact) mass is 319 g/mol. The molecule has 2 aromatic rings. The Morgan fingerprint density at radius 3 is 2.89 bits per heavy atom. The van der Waals surface area contributed by atoms with Crippen molar-refractivity contribution < 1.29 is 4.79 Å². The second-order valence-electron chi connectivity index (χ2n) is 4.18. The number of aromatic nitrogens is 1. The van der Waals surface area contributed by atoms with Crippen LogP contribution in [0.4, 0.5) is 5.69 Å². The zero-order valence-electron chi connectivity index (χ0n) is 10.5. The molecule has 5 heteroatoms. The smallest absolute Gasteiger partial charge is 0.253 e. The van der Waals surface area contributed by atoms with Crippen molar-refractivity contribution in [2.75, 3.05) is 5.73 Å². The van der Waals surface area contributed by atoms with Gasteiger partial charge in [0.25, 0.3) is 5.91 Å². The number of nitrogen functional groups attached to an aromatic ring is 1. The predicted octanol–water partition coefficient (Wildman–Crippen LogP) is 2.66. The zero-order chi connectivity index (χ0) is 13.8. The molecule has 0 spiro atoms. The van der Waals surface area contributed by atoms with E-state index >= 15 is 0 Å². The fraction of sp³-hybridized carbons (Fsp3) is 0.143. The molecule has 0 saturated heterocycles. The molecule has 3 N–H and O–H groups in total. The summed E-state index contributed by atoms with van der Waals surface area (Å²) in [6.45, 7) is 2.35. The van der Waals surface area contributed by atoms with Crippen LogP contribution in [0.5, 0.6) is 0 Å². The summed E-state index contributed by atoms with van der Waals surface area (Å²) in [6.07, 6.45) is 1.71. The van der Waals surface area contributed by atoms with Crippen LogP contribution in [0.1, 0.15) is 21.6 Å². The molecular formula is C14H14BrN3O. The topological polar surface area (TPSA) is 68.0 Å². The second kappa shape index (κ2) is 5.84. The first kappa shape index (κ1) is 13.5. The van der Waals surface area contributed by atoms with Gasteiger partial charge in [0.15, 0.2) is 0 Å². The normalized spacial score (nSPS) is 10.2. The Balaban J connectivity index is 2.08. The standard InChI is InChI=1S/C14H14BrN3O/c1-9-3-2-6-17-13(9)8-18-14(19)11-5-4-10(15)7-12(11)16/h2-7H,8,16H2,1H3,(H,18,19). The van der Waals surface area contributed by atoms with Gasteiger partial charge in [0.05, 0.1) is 17.8 Å². The highest BCUT2D eigenvalue weighted by atomic mass is 79.9. The molecule has 2 rings (SSSR count). The molecule has 0 atom stereocenters. The van der Waals surface area contributed by atoms with Crippen LogP contribution in [-0.4, -0.2) is 10.9 Å². The molecule has 0 aliphatic heterocycles. The summed E-state index contributed by atoms with van der Waals surface area (Å²) in [4.78, 5) is 16.3. The first-order chi connectivity index (χ1) is 9.08. The van der Waals surface area contributed by atoms with Gasteiger partial charge in [-0.1, -0.05) is 22.0 Å². The molecule has 0 radical (unpaired) electrons. The number of carbonyl (C=O) groups is 1. The summed E-state index contributed by atoms with van der Waals surface area (Å²) in [5, 5.41) is 2.82. The Bertz CT molecular complexity index is 613. The number of halogens is 1. The van der Waals surface area contributed by atoms with Gasteiger partial charge in [-0.15, -0.1) is 0 Å². The molecular weight excluding hydrogens is 306 g/mol. The van der Waals surface area contributed by atoms with Crippen molar-refractivity contribution in [3.8, 4) is 0 Å². The largest absolute Gasteiger partial charge is 0.398 e. The van der Waals surface area contributed by atoms with Gasteiger partial charge in [-0.25, -0.2) is 0 Å². The predicted molar refractivity (Wildman–Crippen MR) is 78.7 cm³/mol. The van der Waals surface area contributed by atoms with Crippen LogP contribution in [0.15, 0.2) is 41.0 Å². The lowest BCUT2D eigenvalue weighted by Crippen LogP contribution is -2.24. The lowest BCUT2D eigenvalue weighted by atomic mass is 10.1. The third-order valence-corrected chi connectivity index (χ3v) is 3.29. The van der Waals surface area contributed by atoms with E-state index in [2.05, 4.69) is 26.2 Å². The average Bonchev–Trinajstić information content (AvgIpc) is 2.37. The van der Waals surface area contributed by atoms with E-state index in [1.54, 1.807) is 24.4 Å². The number of hydrogen-bond donors (Lipinski definition) is 2. The maximum Gasteiger partial charge on any atom is 0.253 e. The highest BCUT2D eigenvalue weighted by Gasteiger charge is 2.10. The van der Waals surface area contributed by atoms with Crippen molar-refractivity contribution in [3.63, 3.8) is 0 Å². The number of anilines is 1. The Labute approximate surface area is 120 Å². The van der Waals surface area contributed by atoms with Crippen molar-refractivity contribution in [2.45, 2.75) is 13.5 Å². The van der Waals surface area contributed by atoms with E-state index in [1.807, 2.05) is 19.1 Å². The number of pyridine rings is 1. The van der Waals surface area contributed by atoms with Crippen molar-refractivity contribution in [3.05, 3.63) is 57.8 Å². The number of benzene rings is 1. The van der Waals surface area contributed by atoms with E-state index in [4.69, 9.17) is 5.73 Å². The van der Waals surface area contributed by atoms with Crippen LogP contribution in [0.25, 0.3) is 0 Å². The lowest BCUT2D eigenvalue weighted by Gasteiger charge is -2.09. The van der Waals surface area contributed by atoms with Crippen LogP contribution in [0.2, 0.25) is 0 Å². The molecule has 1 heterocycles. The highest BCUT2D eigenvalue weighted by molar-refractivity contribution is 9.10. The molecule has 1 amide bonds. The molecule has 0 aliphatic carbocycles. The van der Waals surface area contributed by atoms with E-state index in [0.29, 0.717) is 17.8 Å². The molecule has 1 aromatic carbocycles. The van der Waals surface area contributed by atoms with E-state index in [9.17, 15) is 4.79 Å². The van der Waals surface area contributed by atoms with Gasteiger partial charge in [-0.2, -0.15) is 0 Å². The summed E-state index contributed by atoms with van der Waals surface area (Å²) in [7, 11) is 0. The summed E-state index contributed by atoms with van der Waals surface area (Å²) >= 11 is 3.31. The fourth-order valence-corrected chi connectivity index (χ4v) is 2.08. The van der Waals surface area contributed by atoms with Crippen LogP contribution < -0.4 is 11.1 Å². The van der Waals surface area contributed by atoms with Crippen LogP contribution >= 0.6 is 15.9 Å². The molecule has 19 heavy (non-hydrogen) atoms. The summed E-state index contributed by atoms with van der Waals surface area (Å²) < 4.78 is 0.849. The van der Waals surface area contributed by atoms with Crippen molar-refractivity contribution in [1.29, 1.82) is 0 Å². The minimum absolute atomic E-state index is 0.199. The van der Waals surface area contributed by atoms with E-state index in [-0.39, 0.29) is 5.91 Å². The summed E-state index contributed by atoms with van der Waals surface area (Å²) in [5.74, 6) is -0.199. The quantitative estimate of drug-likeness (QED) is 0.855. The molecule has 0 aliphatic rings. The van der Waals surface area contributed by atoms with Gasteiger partial charge in [-0.05, 0) is 36.8 Å². The van der Waals surface area contributed by atoms with Gasteiger partial charge < -0.3 is 11.1 Å². The molecule has 0 unspecified atom stereocenters. The minimum atomic E-state index is -0.199. The van der Waals surface area contributed by atoms with Gasteiger partial charge in [0, 0.05) is 16.4 Å². The van der Waals surface area contributed by atoms with E-state index in [1.165, 1.54) is 0 Å². The fourth-order valence-electron chi connectivity index (χ4n) is 1.70. The number of amides is 1. The number of aryl methyl sites for hydroxylation is 1. The number of rotatable bonds is 3. The Morgan fingerprint density at radius 1 is 1.42 bits per heavy atom. The number of nitrogens with one attached hydrogen (secondary N) is 1. The molecule has 4 nitrogen and oxygen atoms in total. The Kier molecular flexibility index (Phi) is 4.16. The Morgan fingerprint density at radius 2 is 2.21 bits per heavy atom. The van der Waals surface area contributed by atoms with E-state index < -0.39 is 0 Å². The molecule has 0 saturated carbocycles. The number of nitrogens with zero attached hydrogens (tertiary/aromatic N) is 1. The maximum absolute atomic E-state index is 12.0. The molecule has 0 bridgehead atoms. The molecule has 1 aromatic heterocycles. The van der Waals surface area contributed by atoms with Crippen LogP contribution in [0, 0.1) is 6.92 Å². The third kappa shape index (κ3) is 3.32. The first-order valence-corrected chi connectivity index (χ1v) is 6.61.